The van der Waals surface area contributed by atoms with Crippen LogP contribution in [0.2, 0.25) is 0 Å². The molecule has 1 N–H and O–H groups in total. The Bertz CT molecular complexity index is 676. The zero-order chi connectivity index (χ0) is 23.4. The number of ether oxygens (including phenoxy) is 5. The van der Waals surface area contributed by atoms with Gasteiger partial charge in [0.1, 0.15) is 6.61 Å². The highest BCUT2D eigenvalue weighted by Crippen LogP contribution is 2.46. The summed E-state index contributed by atoms with van der Waals surface area (Å²) in [7, 11) is 0. The van der Waals surface area contributed by atoms with Crippen molar-refractivity contribution in [3.63, 3.8) is 0 Å². The molecule has 7 heteroatoms. The van der Waals surface area contributed by atoms with E-state index in [0.717, 1.165) is 51.4 Å². The molecule has 0 bridgehead atoms. The highest BCUT2D eigenvalue weighted by atomic mass is 16.8. The molecule has 2 spiro atoms. The summed E-state index contributed by atoms with van der Waals surface area (Å²) < 4.78 is 31.2. The Morgan fingerprint density at radius 1 is 0.909 bits per heavy atom. The minimum absolute atomic E-state index is 0.220. The lowest BCUT2D eigenvalue weighted by Crippen LogP contribution is -2.58. The van der Waals surface area contributed by atoms with Crippen molar-refractivity contribution in [3.05, 3.63) is 12.2 Å². The molecule has 2 aliphatic heterocycles. The van der Waals surface area contributed by atoms with Gasteiger partial charge in [-0.15, -0.1) is 0 Å². The molecule has 0 aromatic heterocycles. The molecule has 2 saturated heterocycles. The monoisotopic (exact) mass is 466 g/mol. The molecule has 0 radical (unpaired) electrons. The largest absolute Gasteiger partial charge is 0.453 e. The fourth-order valence-electron chi connectivity index (χ4n) is 5.68. The van der Waals surface area contributed by atoms with Crippen molar-refractivity contribution in [1.82, 2.24) is 0 Å². The van der Waals surface area contributed by atoms with Crippen LogP contribution in [0.15, 0.2) is 12.2 Å². The Morgan fingerprint density at radius 3 is 2.09 bits per heavy atom. The number of carbonyl (C=O) groups is 1. The Morgan fingerprint density at radius 2 is 1.48 bits per heavy atom. The van der Waals surface area contributed by atoms with E-state index in [1.54, 1.807) is 6.92 Å². The molecular formula is C26H42O7. The molecule has 188 valence electrons. The zero-order valence-electron chi connectivity index (χ0n) is 20.3. The molecule has 4 rings (SSSR count). The molecule has 7 nitrogen and oxygen atoms in total. The quantitative estimate of drug-likeness (QED) is 0.358. The summed E-state index contributed by atoms with van der Waals surface area (Å²) in [5, 5.41) is 11.1. The summed E-state index contributed by atoms with van der Waals surface area (Å²) in [4.78, 5) is 12.5. The van der Waals surface area contributed by atoms with E-state index in [4.69, 9.17) is 23.7 Å². The average Bonchev–Trinajstić information content (AvgIpc) is 3.11. The van der Waals surface area contributed by atoms with Crippen LogP contribution in [-0.2, 0) is 28.5 Å². The third-order valence-corrected chi connectivity index (χ3v) is 7.61. The second-order valence-electron chi connectivity index (χ2n) is 10.6. The van der Waals surface area contributed by atoms with Gasteiger partial charge in [0.2, 0.25) is 5.79 Å². The predicted octanol–water partition coefficient (Wildman–Crippen LogP) is 4.90. The maximum atomic E-state index is 12.5. The van der Waals surface area contributed by atoms with Gasteiger partial charge in [0.15, 0.2) is 17.7 Å². The molecule has 0 aromatic rings. The summed E-state index contributed by atoms with van der Waals surface area (Å²) in [6.45, 7) is 5.84. The highest BCUT2D eigenvalue weighted by Gasteiger charge is 2.59. The number of hydrogen-bond acceptors (Lipinski definition) is 7. The van der Waals surface area contributed by atoms with E-state index in [1.165, 1.54) is 25.7 Å². The summed E-state index contributed by atoms with van der Waals surface area (Å²) in [6, 6.07) is 0. The van der Waals surface area contributed by atoms with Gasteiger partial charge in [-0.05, 0) is 32.6 Å². The first-order valence-electron chi connectivity index (χ1n) is 13.1. The van der Waals surface area contributed by atoms with Crippen LogP contribution in [0, 0.1) is 0 Å². The average molecular weight is 467 g/mol. The molecule has 0 amide bonds. The number of hydrogen-bond donors (Lipinski definition) is 1. The van der Waals surface area contributed by atoms with Crippen molar-refractivity contribution >= 4 is 5.97 Å². The van der Waals surface area contributed by atoms with Crippen molar-refractivity contribution in [2.45, 2.75) is 133 Å². The molecule has 4 fully saturated rings. The number of carbonyl (C=O) groups excluding carboxylic acids is 1. The van der Waals surface area contributed by atoms with Gasteiger partial charge in [-0.3, -0.25) is 0 Å². The number of aliphatic hydroxyl groups is 1. The maximum Gasteiger partial charge on any atom is 0.333 e. The van der Waals surface area contributed by atoms with Crippen LogP contribution in [0.25, 0.3) is 0 Å². The smallest absolute Gasteiger partial charge is 0.333 e. The first kappa shape index (κ1) is 25.1. The van der Waals surface area contributed by atoms with Crippen molar-refractivity contribution in [2.75, 3.05) is 13.2 Å². The van der Waals surface area contributed by atoms with Crippen LogP contribution in [0.5, 0.6) is 0 Å². The van der Waals surface area contributed by atoms with E-state index >= 15 is 0 Å². The summed E-state index contributed by atoms with van der Waals surface area (Å²) >= 11 is 0. The third kappa shape index (κ3) is 6.17. The van der Waals surface area contributed by atoms with E-state index in [0.29, 0.717) is 24.8 Å². The molecule has 33 heavy (non-hydrogen) atoms. The molecular weight excluding hydrogens is 424 g/mol. The van der Waals surface area contributed by atoms with Crippen LogP contribution in [-0.4, -0.2) is 53.9 Å². The summed E-state index contributed by atoms with van der Waals surface area (Å²) in [5.41, 5.74) is 0.325. The van der Waals surface area contributed by atoms with Gasteiger partial charge in [0.25, 0.3) is 0 Å². The zero-order valence-corrected chi connectivity index (χ0v) is 20.3. The molecule has 3 atom stereocenters. The minimum atomic E-state index is -1.16. The van der Waals surface area contributed by atoms with Gasteiger partial charge in [-0.1, -0.05) is 45.1 Å². The molecule has 2 aliphatic carbocycles. The van der Waals surface area contributed by atoms with Crippen LogP contribution < -0.4 is 0 Å². The Balaban J connectivity index is 1.47. The van der Waals surface area contributed by atoms with Gasteiger partial charge < -0.3 is 28.8 Å². The van der Waals surface area contributed by atoms with E-state index < -0.39 is 29.4 Å². The Hall–Kier alpha value is -0.990. The lowest BCUT2D eigenvalue weighted by atomic mass is 9.94. The maximum absolute atomic E-state index is 12.5. The molecule has 2 saturated carbocycles. The van der Waals surface area contributed by atoms with Gasteiger partial charge >= 0.3 is 5.97 Å². The van der Waals surface area contributed by atoms with Crippen LogP contribution in [0.3, 0.4) is 0 Å². The SMILES string of the molecule is C=C(C)C(=O)O[C@H]1C[C@H](OC2(O)CCCCCCC2)CO[C@]12COC1(CCCCCCC1)O2. The second kappa shape index (κ2) is 10.7. The number of rotatable bonds is 4. The summed E-state index contributed by atoms with van der Waals surface area (Å²) in [6.07, 6.45) is 13.2. The second-order valence-corrected chi connectivity index (χ2v) is 10.6. The lowest BCUT2D eigenvalue weighted by Gasteiger charge is -2.44. The minimum Gasteiger partial charge on any atom is -0.453 e. The van der Waals surface area contributed by atoms with Gasteiger partial charge in [0.05, 0.1) is 12.7 Å². The molecule has 0 aromatic carbocycles. The predicted molar refractivity (Wildman–Crippen MR) is 122 cm³/mol. The first-order valence-corrected chi connectivity index (χ1v) is 13.1. The topological polar surface area (TPSA) is 83.5 Å². The van der Waals surface area contributed by atoms with E-state index in [2.05, 4.69) is 6.58 Å². The van der Waals surface area contributed by atoms with Gasteiger partial charge in [-0.25, -0.2) is 4.79 Å². The Kier molecular flexibility index (Phi) is 8.17. The van der Waals surface area contributed by atoms with Crippen molar-refractivity contribution in [3.8, 4) is 0 Å². The van der Waals surface area contributed by atoms with Crippen LogP contribution in [0.4, 0.5) is 0 Å². The van der Waals surface area contributed by atoms with Crippen molar-refractivity contribution < 1.29 is 33.6 Å². The van der Waals surface area contributed by atoms with Crippen LogP contribution >= 0.6 is 0 Å². The van der Waals surface area contributed by atoms with E-state index in [1.807, 2.05) is 0 Å². The molecule has 4 aliphatic rings. The van der Waals surface area contributed by atoms with Crippen LogP contribution in [0.1, 0.15) is 103 Å². The fraction of sp³-hybridized carbons (Fsp3) is 0.885. The molecule has 0 unspecified atom stereocenters. The Labute approximate surface area is 198 Å². The van der Waals surface area contributed by atoms with Gasteiger partial charge in [0, 0.05) is 37.7 Å². The highest BCUT2D eigenvalue weighted by molar-refractivity contribution is 5.87. The van der Waals surface area contributed by atoms with Crippen molar-refractivity contribution in [1.29, 1.82) is 0 Å². The molecule has 2 heterocycles. The van der Waals surface area contributed by atoms with E-state index in [-0.39, 0.29) is 19.3 Å². The standard InChI is InChI=1S/C26H42O7/c1-20(2)23(27)31-22-17-21(32-24(28)13-9-5-3-6-10-14-24)18-29-26(22)19-30-25(33-26)15-11-7-4-8-12-16-25/h21-22,28H,1,3-19H2,2H3/t21-,22-,26-/m0/s1. The normalized spacial score (nSPS) is 34.7. The third-order valence-electron chi connectivity index (χ3n) is 7.61. The van der Waals surface area contributed by atoms with Crippen molar-refractivity contribution in [2.24, 2.45) is 0 Å². The lowest BCUT2D eigenvalue weighted by molar-refractivity contribution is -0.346. The van der Waals surface area contributed by atoms with E-state index in [9.17, 15) is 9.90 Å². The van der Waals surface area contributed by atoms with Gasteiger partial charge in [-0.2, -0.15) is 0 Å². The first-order chi connectivity index (χ1) is 15.8. The number of esters is 1. The summed E-state index contributed by atoms with van der Waals surface area (Å²) in [5.74, 6) is -3.46. The fourth-order valence-corrected chi connectivity index (χ4v) is 5.68.